The van der Waals surface area contributed by atoms with E-state index in [1.54, 1.807) is 31.4 Å². The molecule has 5 nitrogen and oxygen atoms in total. The maximum absolute atomic E-state index is 11.4. The number of nitrogens with two attached hydrogens (primary N) is 1. The van der Waals surface area contributed by atoms with E-state index in [1.807, 2.05) is 0 Å². The maximum Gasteiger partial charge on any atom is 0.154 e. The van der Waals surface area contributed by atoms with Gasteiger partial charge >= 0.3 is 0 Å². The predicted molar refractivity (Wildman–Crippen MR) is 65.6 cm³/mol. The number of rotatable bonds is 5. The second kappa shape index (κ2) is 5.48. The second-order valence-corrected chi connectivity index (χ2v) is 6.11. The first kappa shape index (κ1) is 14.0. The molecule has 0 amide bonds. The van der Waals surface area contributed by atoms with Crippen LogP contribution in [-0.2, 0) is 9.84 Å². The molecule has 0 aliphatic heterocycles. The first-order valence-corrected chi connectivity index (χ1v) is 7.05. The van der Waals surface area contributed by atoms with Gasteiger partial charge in [0.2, 0.25) is 0 Å². The predicted octanol–water partition coefficient (Wildman–Crippen LogP) is 0.100. The normalized spacial score (nSPS) is 15.3. The molecule has 96 valence electrons. The van der Waals surface area contributed by atoms with E-state index >= 15 is 0 Å². The first-order chi connectivity index (χ1) is 7.90. The fraction of sp³-hybridized carbons (Fsp3) is 0.455. The van der Waals surface area contributed by atoms with Crippen molar-refractivity contribution in [2.75, 3.05) is 20.0 Å². The van der Waals surface area contributed by atoms with Crippen LogP contribution in [0.15, 0.2) is 24.3 Å². The SMILES string of the molecule is COc1ccc([C@H](N)[C@H](CO)S(C)(=O)=O)cc1. The third-order valence-corrected chi connectivity index (χ3v) is 4.17. The molecule has 0 spiro atoms. The minimum Gasteiger partial charge on any atom is -0.497 e. The third kappa shape index (κ3) is 3.42. The van der Waals surface area contributed by atoms with Crippen LogP contribution >= 0.6 is 0 Å². The van der Waals surface area contributed by atoms with Gasteiger partial charge in [0.1, 0.15) is 11.0 Å². The molecule has 1 aromatic rings. The summed E-state index contributed by atoms with van der Waals surface area (Å²) in [6.45, 7) is -0.494. The van der Waals surface area contributed by atoms with Crippen molar-refractivity contribution < 1.29 is 18.3 Å². The number of ether oxygens (including phenoxy) is 1. The average Bonchev–Trinajstić information content (AvgIpc) is 2.28. The van der Waals surface area contributed by atoms with Gasteiger partial charge in [-0.2, -0.15) is 0 Å². The fourth-order valence-corrected chi connectivity index (χ4v) is 2.52. The van der Waals surface area contributed by atoms with Gasteiger partial charge in [0.05, 0.1) is 13.7 Å². The molecule has 2 atom stereocenters. The van der Waals surface area contributed by atoms with Crippen LogP contribution in [0.1, 0.15) is 11.6 Å². The van der Waals surface area contributed by atoms with Crippen LogP contribution in [0.25, 0.3) is 0 Å². The molecular formula is C11H17NO4S. The Labute approximate surface area is 101 Å². The zero-order chi connectivity index (χ0) is 13.1. The number of hydrogen-bond acceptors (Lipinski definition) is 5. The van der Waals surface area contributed by atoms with Gasteiger partial charge in [-0.1, -0.05) is 12.1 Å². The lowest BCUT2D eigenvalue weighted by molar-refractivity contribution is 0.278. The highest BCUT2D eigenvalue weighted by molar-refractivity contribution is 7.91. The Morgan fingerprint density at radius 2 is 1.88 bits per heavy atom. The number of aliphatic hydroxyl groups excluding tert-OH is 1. The Morgan fingerprint density at radius 3 is 2.24 bits per heavy atom. The number of sulfone groups is 1. The summed E-state index contributed by atoms with van der Waals surface area (Å²) >= 11 is 0. The highest BCUT2D eigenvalue weighted by atomic mass is 32.2. The summed E-state index contributed by atoms with van der Waals surface area (Å²) in [6.07, 6.45) is 1.07. The average molecular weight is 259 g/mol. The van der Waals surface area contributed by atoms with Crippen molar-refractivity contribution in [1.82, 2.24) is 0 Å². The minimum atomic E-state index is -3.38. The summed E-state index contributed by atoms with van der Waals surface area (Å²) in [5, 5.41) is 8.12. The summed E-state index contributed by atoms with van der Waals surface area (Å²) in [6, 6.07) is 6.04. The standard InChI is InChI=1S/C11H17NO4S/c1-16-9-5-3-8(4-6-9)11(12)10(7-13)17(2,14)15/h3-6,10-11,13H,7,12H2,1-2H3/t10-,11-/m0/s1. The third-order valence-electron chi connectivity index (χ3n) is 2.63. The van der Waals surface area contributed by atoms with Gasteiger partial charge in [-0.15, -0.1) is 0 Å². The smallest absolute Gasteiger partial charge is 0.154 e. The van der Waals surface area contributed by atoms with Crippen LogP contribution < -0.4 is 10.5 Å². The highest BCUT2D eigenvalue weighted by Crippen LogP contribution is 2.21. The molecule has 0 radical (unpaired) electrons. The Morgan fingerprint density at radius 1 is 1.35 bits per heavy atom. The van der Waals surface area contributed by atoms with E-state index in [0.29, 0.717) is 11.3 Å². The summed E-state index contributed by atoms with van der Waals surface area (Å²) < 4.78 is 27.9. The van der Waals surface area contributed by atoms with Crippen LogP contribution in [0.3, 0.4) is 0 Å². The van der Waals surface area contributed by atoms with E-state index in [0.717, 1.165) is 6.26 Å². The van der Waals surface area contributed by atoms with Crippen LogP contribution in [-0.4, -0.2) is 38.7 Å². The molecule has 0 aromatic heterocycles. The summed E-state index contributed by atoms with van der Waals surface area (Å²) in [7, 11) is -1.84. The maximum atomic E-state index is 11.4. The lowest BCUT2D eigenvalue weighted by Gasteiger charge is -2.20. The molecule has 0 fully saturated rings. The van der Waals surface area contributed by atoms with E-state index in [2.05, 4.69) is 0 Å². The van der Waals surface area contributed by atoms with E-state index < -0.39 is 27.7 Å². The van der Waals surface area contributed by atoms with Crippen molar-refractivity contribution in [3.8, 4) is 5.75 Å². The van der Waals surface area contributed by atoms with Crippen molar-refractivity contribution in [3.05, 3.63) is 29.8 Å². The molecule has 0 unspecified atom stereocenters. The van der Waals surface area contributed by atoms with Gasteiger partial charge in [-0.25, -0.2) is 8.42 Å². The van der Waals surface area contributed by atoms with Crippen molar-refractivity contribution >= 4 is 9.84 Å². The van der Waals surface area contributed by atoms with E-state index in [1.165, 1.54) is 0 Å². The number of methoxy groups -OCH3 is 1. The summed E-state index contributed by atoms with van der Waals surface area (Å²) in [5.41, 5.74) is 6.50. The van der Waals surface area contributed by atoms with Crippen molar-refractivity contribution in [2.45, 2.75) is 11.3 Å². The van der Waals surface area contributed by atoms with Crippen LogP contribution in [0.5, 0.6) is 5.75 Å². The van der Waals surface area contributed by atoms with Crippen molar-refractivity contribution in [1.29, 1.82) is 0 Å². The zero-order valence-electron chi connectivity index (χ0n) is 9.83. The Bertz CT molecular complexity index is 455. The second-order valence-electron chi connectivity index (χ2n) is 3.85. The first-order valence-electron chi connectivity index (χ1n) is 5.09. The molecule has 17 heavy (non-hydrogen) atoms. The molecule has 3 N–H and O–H groups in total. The van der Waals surface area contributed by atoms with E-state index in [9.17, 15) is 8.42 Å². The van der Waals surface area contributed by atoms with Crippen molar-refractivity contribution in [3.63, 3.8) is 0 Å². The molecule has 0 saturated carbocycles. The molecule has 0 aliphatic carbocycles. The van der Waals surface area contributed by atoms with Crippen LogP contribution in [0.2, 0.25) is 0 Å². The largest absolute Gasteiger partial charge is 0.497 e. The Hall–Kier alpha value is -1.11. The van der Waals surface area contributed by atoms with Gasteiger partial charge in [-0.05, 0) is 17.7 Å². The minimum absolute atomic E-state index is 0.494. The molecule has 6 heteroatoms. The van der Waals surface area contributed by atoms with Crippen molar-refractivity contribution in [2.24, 2.45) is 5.73 Å². The quantitative estimate of drug-likeness (QED) is 0.783. The zero-order valence-corrected chi connectivity index (χ0v) is 10.6. The van der Waals surface area contributed by atoms with Crippen LogP contribution in [0, 0.1) is 0 Å². The van der Waals surface area contributed by atoms with Gasteiger partial charge in [0.15, 0.2) is 9.84 Å². The van der Waals surface area contributed by atoms with Gasteiger partial charge in [-0.3, -0.25) is 0 Å². The lowest BCUT2D eigenvalue weighted by atomic mass is 10.0. The number of hydrogen-bond donors (Lipinski definition) is 2. The molecule has 0 aliphatic rings. The topological polar surface area (TPSA) is 89.6 Å². The monoisotopic (exact) mass is 259 g/mol. The number of benzene rings is 1. The van der Waals surface area contributed by atoms with Gasteiger partial charge in [0, 0.05) is 12.3 Å². The van der Waals surface area contributed by atoms with Gasteiger partial charge in [0.25, 0.3) is 0 Å². The molecule has 1 aromatic carbocycles. The lowest BCUT2D eigenvalue weighted by Crippen LogP contribution is -2.36. The number of aliphatic hydroxyl groups is 1. The van der Waals surface area contributed by atoms with E-state index in [4.69, 9.17) is 15.6 Å². The van der Waals surface area contributed by atoms with E-state index in [-0.39, 0.29) is 0 Å². The molecule has 0 bridgehead atoms. The molecular weight excluding hydrogens is 242 g/mol. The highest BCUT2D eigenvalue weighted by Gasteiger charge is 2.28. The summed E-state index contributed by atoms with van der Waals surface area (Å²) in [5.74, 6) is 0.667. The molecule has 1 rings (SSSR count). The molecule has 0 heterocycles. The molecule has 0 saturated heterocycles. The fourth-order valence-electron chi connectivity index (χ4n) is 1.56. The van der Waals surface area contributed by atoms with Gasteiger partial charge < -0.3 is 15.6 Å². The Balaban J connectivity index is 2.98. The Kier molecular flexibility index (Phi) is 4.50. The summed E-state index contributed by atoms with van der Waals surface area (Å²) in [4.78, 5) is 0. The van der Waals surface area contributed by atoms with Crippen LogP contribution in [0.4, 0.5) is 0 Å².